The Hall–Kier alpha value is -0.170. The highest BCUT2D eigenvalue weighted by molar-refractivity contribution is 7.91. The molecule has 2 aliphatic rings. The van der Waals surface area contributed by atoms with E-state index in [0.717, 1.165) is 32.5 Å². The average Bonchev–Trinajstić information content (AvgIpc) is 2.62. The van der Waals surface area contributed by atoms with Crippen molar-refractivity contribution in [2.24, 2.45) is 5.73 Å². The Morgan fingerprint density at radius 1 is 1.35 bits per heavy atom. The summed E-state index contributed by atoms with van der Waals surface area (Å²) < 4.78 is 23.0. The second-order valence-electron chi connectivity index (χ2n) is 5.26. The summed E-state index contributed by atoms with van der Waals surface area (Å²) in [5, 5.41) is 0. The second-order valence-corrected chi connectivity index (χ2v) is 7.49. The molecule has 2 aliphatic heterocycles. The van der Waals surface area contributed by atoms with Gasteiger partial charge in [0.15, 0.2) is 9.84 Å². The summed E-state index contributed by atoms with van der Waals surface area (Å²) in [6, 6.07) is 0.728. The predicted octanol–water partition coefficient (Wildman–Crippen LogP) is -0.862. The van der Waals surface area contributed by atoms with E-state index in [1.54, 1.807) is 0 Å². The summed E-state index contributed by atoms with van der Waals surface area (Å²) in [7, 11) is -0.640. The van der Waals surface area contributed by atoms with Crippen LogP contribution in [0.5, 0.6) is 0 Å². The summed E-state index contributed by atoms with van der Waals surface area (Å²) in [4.78, 5) is 4.69. The molecule has 0 saturated carbocycles. The van der Waals surface area contributed by atoms with Crippen molar-refractivity contribution in [3.63, 3.8) is 0 Å². The predicted molar refractivity (Wildman–Crippen MR) is 68.7 cm³/mol. The fraction of sp³-hybridized carbons (Fsp3) is 1.00. The third-order valence-electron chi connectivity index (χ3n) is 4.03. The first-order chi connectivity index (χ1) is 8.02. The van der Waals surface area contributed by atoms with Crippen LogP contribution in [-0.4, -0.2) is 75.0 Å². The SMILES string of the molecule is CN1CCN(C2CCS(=O)(=O)C2)CC1CCN. The highest BCUT2D eigenvalue weighted by Crippen LogP contribution is 2.21. The summed E-state index contributed by atoms with van der Waals surface area (Å²) in [6.45, 7) is 3.67. The Labute approximate surface area is 104 Å². The molecule has 2 rings (SSSR count). The third-order valence-corrected chi connectivity index (χ3v) is 5.78. The maximum absolute atomic E-state index is 11.5. The first-order valence-electron chi connectivity index (χ1n) is 6.36. The topological polar surface area (TPSA) is 66.6 Å². The minimum Gasteiger partial charge on any atom is -0.330 e. The minimum atomic E-state index is -2.77. The van der Waals surface area contributed by atoms with Gasteiger partial charge in [0.05, 0.1) is 11.5 Å². The third kappa shape index (κ3) is 3.19. The number of piperazine rings is 1. The zero-order chi connectivity index (χ0) is 12.5. The van der Waals surface area contributed by atoms with E-state index in [9.17, 15) is 8.42 Å². The van der Waals surface area contributed by atoms with Crippen LogP contribution in [-0.2, 0) is 9.84 Å². The Morgan fingerprint density at radius 3 is 2.71 bits per heavy atom. The molecule has 2 heterocycles. The van der Waals surface area contributed by atoms with Gasteiger partial charge in [-0.25, -0.2) is 8.42 Å². The molecular weight excluding hydrogens is 238 g/mol. The molecule has 100 valence electrons. The number of nitrogens with zero attached hydrogens (tertiary/aromatic N) is 2. The van der Waals surface area contributed by atoms with Gasteiger partial charge in [-0.15, -0.1) is 0 Å². The van der Waals surface area contributed by atoms with Crippen molar-refractivity contribution < 1.29 is 8.42 Å². The zero-order valence-corrected chi connectivity index (χ0v) is 11.3. The number of hydrogen-bond acceptors (Lipinski definition) is 5. The molecule has 2 atom stereocenters. The molecule has 0 aromatic carbocycles. The van der Waals surface area contributed by atoms with Gasteiger partial charge >= 0.3 is 0 Å². The Morgan fingerprint density at radius 2 is 2.12 bits per heavy atom. The number of nitrogens with two attached hydrogens (primary N) is 1. The molecule has 0 bridgehead atoms. The van der Waals surface area contributed by atoms with Crippen LogP contribution in [0, 0.1) is 0 Å². The molecule has 0 amide bonds. The van der Waals surface area contributed by atoms with Crippen LogP contribution in [0.1, 0.15) is 12.8 Å². The number of sulfone groups is 1. The molecule has 0 spiro atoms. The molecule has 0 aliphatic carbocycles. The van der Waals surface area contributed by atoms with Gasteiger partial charge < -0.3 is 10.6 Å². The Kier molecular flexibility index (Phi) is 4.07. The van der Waals surface area contributed by atoms with Crippen LogP contribution < -0.4 is 5.73 Å². The van der Waals surface area contributed by atoms with Crippen molar-refractivity contribution in [1.29, 1.82) is 0 Å². The molecule has 5 nitrogen and oxygen atoms in total. The largest absolute Gasteiger partial charge is 0.330 e. The van der Waals surface area contributed by atoms with Crippen molar-refractivity contribution in [1.82, 2.24) is 9.80 Å². The van der Waals surface area contributed by atoms with E-state index in [-0.39, 0.29) is 6.04 Å². The smallest absolute Gasteiger partial charge is 0.151 e. The van der Waals surface area contributed by atoms with Gasteiger partial charge in [0, 0.05) is 31.7 Å². The lowest BCUT2D eigenvalue weighted by Gasteiger charge is -2.41. The summed E-state index contributed by atoms with van der Waals surface area (Å²) >= 11 is 0. The van der Waals surface area contributed by atoms with Crippen LogP contribution in [0.25, 0.3) is 0 Å². The van der Waals surface area contributed by atoms with Crippen LogP contribution in [0.2, 0.25) is 0 Å². The lowest BCUT2D eigenvalue weighted by molar-refractivity contribution is 0.0685. The molecule has 2 N–H and O–H groups in total. The standard InChI is InChI=1S/C11H23N3O2S/c1-13-5-6-14(8-10(13)2-4-12)11-3-7-17(15,16)9-11/h10-11H,2-9,12H2,1H3. The first-order valence-corrected chi connectivity index (χ1v) is 8.19. The van der Waals surface area contributed by atoms with Gasteiger partial charge in [-0.2, -0.15) is 0 Å². The van der Waals surface area contributed by atoms with Crippen molar-refractivity contribution in [3.05, 3.63) is 0 Å². The van der Waals surface area contributed by atoms with E-state index in [4.69, 9.17) is 5.73 Å². The summed E-state index contributed by atoms with van der Waals surface area (Å²) in [5.74, 6) is 0.720. The fourth-order valence-corrected chi connectivity index (χ4v) is 4.63. The van der Waals surface area contributed by atoms with E-state index >= 15 is 0 Å². The van der Waals surface area contributed by atoms with Gasteiger partial charge in [-0.3, -0.25) is 4.90 Å². The van der Waals surface area contributed by atoms with Crippen LogP contribution in [0.3, 0.4) is 0 Å². The summed E-state index contributed by atoms with van der Waals surface area (Å²) in [6.07, 6.45) is 1.80. The molecule has 2 unspecified atom stereocenters. The molecule has 2 saturated heterocycles. The minimum absolute atomic E-state index is 0.244. The lowest BCUT2D eigenvalue weighted by atomic mass is 10.1. The average molecular weight is 261 g/mol. The van der Waals surface area contributed by atoms with E-state index in [2.05, 4.69) is 16.8 Å². The first kappa shape index (κ1) is 13.3. The highest BCUT2D eigenvalue weighted by Gasteiger charge is 2.35. The van der Waals surface area contributed by atoms with E-state index in [1.807, 2.05) is 0 Å². The van der Waals surface area contributed by atoms with Crippen molar-refractivity contribution in [3.8, 4) is 0 Å². The van der Waals surface area contributed by atoms with Crippen molar-refractivity contribution >= 4 is 9.84 Å². The highest BCUT2D eigenvalue weighted by atomic mass is 32.2. The molecule has 2 fully saturated rings. The molecule has 6 heteroatoms. The number of hydrogen-bond donors (Lipinski definition) is 1. The lowest BCUT2D eigenvalue weighted by Crippen LogP contribution is -2.55. The van der Waals surface area contributed by atoms with Crippen molar-refractivity contribution in [2.75, 3.05) is 44.7 Å². The second kappa shape index (κ2) is 5.22. The van der Waals surface area contributed by atoms with E-state index in [1.165, 1.54) is 0 Å². The normalized spacial score (nSPS) is 35.2. The Balaban J connectivity index is 1.94. The van der Waals surface area contributed by atoms with Gasteiger partial charge in [0.25, 0.3) is 0 Å². The van der Waals surface area contributed by atoms with E-state index < -0.39 is 9.84 Å². The van der Waals surface area contributed by atoms with Gasteiger partial charge in [0.2, 0.25) is 0 Å². The molecule has 0 aromatic rings. The quantitative estimate of drug-likeness (QED) is 0.716. The Bertz CT molecular complexity index is 358. The van der Waals surface area contributed by atoms with Gasteiger partial charge in [-0.05, 0) is 26.4 Å². The van der Waals surface area contributed by atoms with Gasteiger partial charge in [0.1, 0.15) is 0 Å². The monoisotopic (exact) mass is 261 g/mol. The maximum Gasteiger partial charge on any atom is 0.151 e. The van der Waals surface area contributed by atoms with Crippen LogP contribution in [0.4, 0.5) is 0 Å². The summed E-state index contributed by atoms with van der Waals surface area (Å²) in [5.41, 5.74) is 5.62. The maximum atomic E-state index is 11.5. The molecular formula is C11H23N3O2S. The number of rotatable bonds is 3. The molecule has 0 aromatic heterocycles. The molecule has 17 heavy (non-hydrogen) atoms. The van der Waals surface area contributed by atoms with E-state index in [0.29, 0.717) is 24.1 Å². The molecule has 0 radical (unpaired) electrons. The number of likely N-dealkylation sites (N-methyl/N-ethyl adjacent to an activating group) is 1. The van der Waals surface area contributed by atoms with Crippen LogP contribution >= 0.6 is 0 Å². The van der Waals surface area contributed by atoms with Crippen LogP contribution in [0.15, 0.2) is 0 Å². The van der Waals surface area contributed by atoms with Crippen molar-refractivity contribution in [2.45, 2.75) is 24.9 Å². The zero-order valence-electron chi connectivity index (χ0n) is 10.5. The fourth-order valence-electron chi connectivity index (χ4n) is 2.87. The van der Waals surface area contributed by atoms with Gasteiger partial charge in [-0.1, -0.05) is 0 Å².